The minimum atomic E-state index is -1.07. The van der Waals surface area contributed by atoms with Gasteiger partial charge in [-0.15, -0.1) is 10.2 Å². The van der Waals surface area contributed by atoms with Crippen molar-refractivity contribution in [1.82, 2.24) is 14.9 Å². The second-order valence-electron chi connectivity index (χ2n) is 3.80. The number of methoxy groups -OCH3 is 1. The minimum Gasteiger partial charge on any atom is -0.493 e. The minimum absolute atomic E-state index is 0.321. The van der Waals surface area contributed by atoms with Gasteiger partial charge in [0.1, 0.15) is 12.7 Å². The molecule has 0 aliphatic carbocycles. The van der Waals surface area contributed by atoms with Gasteiger partial charge in [-0.1, -0.05) is 0 Å². The van der Waals surface area contributed by atoms with E-state index in [0.29, 0.717) is 16.0 Å². The lowest BCUT2D eigenvalue weighted by molar-refractivity contribution is -0.139. The molecule has 0 unspecified atom stereocenters. The second-order valence-corrected chi connectivity index (χ2v) is 4.66. The number of nitrogens with zero attached hydrogens (tertiary/aromatic N) is 4. The molecule has 9 heteroatoms. The van der Waals surface area contributed by atoms with Crippen LogP contribution in [-0.4, -0.2) is 45.9 Å². The topological polar surface area (TPSA) is 98.8 Å². The van der Waals surface area contributed by atoms with Gasteiger partial charge in [0, 0.05) is 0 Å². The Morgan fingerprint density at radius 1 is 1.48 bits per heavy atom. The van der Waals surface area contributed by atoms with Crippen LogP contribution in [0.5, 0.6) is 11.5 Å². The fourth-order valence-electron chi connectivity index (χ4n) is 1.48. The zero-order valence-electron chi connectivity index (χ0n) is 10.9. The Morgan fingerprint density at radius 3 is 2.81 bits per heavy atom. The van der Waals surface area contributed by atoms with Crippen molar-refractivity contribution in [2.45, 2.75) is 0 Å². The molecule has 21 heavy (non-hydrogen) atoms. The second kappa shape index (κ2) is 6.84. The standard InChI is InChI=1S/C12H11BrN4O4/c1-20-10-3-8(4-16-17-6-14-15-7-17)2-9(13)12(10)21-5-11(18)19/h2-4,6-7H,5H2,1H3,(H,18,19)/b16-4+. The maximum atomic E-state index is 10.6. The Balaban J connectivity index is 2.25. The van der Waals surface area contributed by atoms with E-state index in [1.54, 1.807) is 18.3 Å². The van der Waals surface area contributed by atoms with E-state index in [0.717, 1.165) is 5.56 Å². The summed E-state index contributed by atoms with van der Waals surface area (Å²) in [5, 5.41) is 20.0. The highest BCUT2D eigenvalue weighted by Crippen LogP contribution is 2.36. The number of aromatic nitrogens is 3. The number of halogens is 1. The van der Waals surface area contributed by atoms with Gasteiger partial charge < -0.3 is 14.6 Å². The Kier molecular flexibility index (Phi) is 4.88. The Morgan fingerprint density at radius 2 is 2.19 bits per heavy atom. The van der Waals surface area contributed by atoms with Crippen molar-refractivity contribution in [3.63, 3.8) is 0 Å². The molecule has 2 rings (SSSR count). The molecule has 0 saturated heterocycles. The van der Waals surface area contributed by atoms with Gasteiger partial charge in [0.15, 0.2) is 18.1 Å². The molecule has 1 heterocycles. The fraction of sp³-hybridized carbons (Fsp3) is 0.167. The molecule has 0 radical (unpaired) electrons. The number of aliphatic carboxylic acids is 1. The van der Waals surface area contributed by atoms with Crippen molar-refractivity contribution in [3.8, 4) is 11.5 Å². The third-order valence-electron chi connectivity index (χ3n) is 2.34. The molecule has 0 atom stereocenters. The fourth-order valence-corrected chi connectivity index (χ4v) is 2.05. The Hall–Kier alpha value is -2.42. The predicted molar refractivity (Wildman–Crippen MR) is 76.8 cm³/mol. The van der Waals surface area contributed by atoms with Crippen molar-refractivity contribution < 1.29 is 19.4 Å². The summed E-state index contributed by atoms with van der Waals surface area (Å²) in [4.78, 5) is 10.6. The number of rotatable bonds is 6. The summed E-state index contributed by atoms with van der Waals surface area (Å²) in [7, 11) is 1.47. The Labute approximate surface area is 128 Å². The molecule has 1 aromatic carbocycles. The average Bonchev–Trinajstić information content (AvgIpc) is 2.96. The van der Waals surface area contributed by atoms with Crippen molar-refractivity contribution >= 4 is 28.1 Å². The Bertz CT molecular complexity index is 658. The first kappa shape index (κ1) is 15.0. The van der Waals surface area contributed by atoms with Gasteiger partial charge in [0.05, 0.1) is 17.8 Å². The van der Waals surface area contributed by atoms with E-state index in [2.05, 4.69) is 31.2 Å². The first-order chi connectivity index (χ1) is 10.1. The molecule has 0 amide bonds. The van der Waals surface area contributed by atoms with Crippen molar-refractivity contribution in [1.29, 1.82) is 0 Å². The number of carbonyl (C=O) groups is 1. The van der Waals surface area contributed by atoms with Crippen LogP contribution in [0.1, 0.15) is 5.56 Å². The van der Waals surface area contributed by atoms with Crippen LogP contribution in [0, 0.1) is 0 Å². The summed E-state index contributed by atoms with van der Waals surface area (Å²) >= 11 is 3.32. The summed E-state index contributed by atoms with van der Waals surface area (Å²) in [5.74, 6) is -0.348. The van der Waals surface area contributed by atoms with Crippen LogP contribution < -0.4 is 9.47 Å². The van der Waals surface area contributed by atoms with Gasteiger partial charge in [0.25, 0.3) is 0 Å². The average molecular weight is 355 g/mol. The smallest absolute Gasteiger partial charge is 0.341 e. The summed E-state index contributed by atoms with van der Waals surface area (Å²) < 4.78 is 12.4. The van der Waals surface area contributed by atoms with Crippen LogP contribution in [0.4, 0.5) is 0 Å². The number of hydrogen-bond donors (Lipinski definition) is 1. The summed E-state index contributed by atoms with van der Waals surface area (Å²) in [6, 6.07) is 3.41. The summed E-state index contributed by atoms with van der Waals surface area (Å²) in [5.41, 5.74) is 0.732. The van der Waals surface area contributed by atoms with Crippen LogP contribution in [0.15, 0.2) is 34.4 Å². The summed E-state index contributed by atoms with van der Waals surface area (Å²) in [6.07, 6.45) is 4.48. The molecule has 0 aliphatic rings. The lowest BCUT2D eigenvalue weighted by Crippen LogP contribution is -2.10. The normalized spacial score (nSPS) is 10.8. The molecule has 110 valence electrons. The largest absolute Gasteiger partial charge is 0.493 e. The van der Waals surface area contributed by atoms with E-state index in [1.807, 2.05) is 0 Å². The van der Waals surface area contributed by atoms with Gasteiger partial charge >= 0.3 is 5.97 Å². The molecule has 8 nitrogen and oxygen atoms in total. The highest BCUT2D eigenvalue weighted by atomic mass is 79.9. The number of hydrogen-bond acceptors (Lipinski definition) is 6. The van der Waals surface area contributed by atoms with E-state index in [9.17, 15) is 4.79 Å². The van der Waals surface area contributed by atoms with E-state index in [1.165, 1.54) is 24.4 Å². The summed E-state index contributed by atoms with van der Waals surface area (Å²) in [6.45, 7) is -0.455. The number of carboxylic acid groups (broad SMARTS) is 1. The molecule has 0 aliphatic heterocycles. The molecule has 0 bridgehead atoms. The molecule has 0 spiro atoms. The molecular formula is C12H11BrN4O4. The first-order valence-electron chi connectivity index (χ1n) is 5.71. The molecular weight excluding hydrogens is 344 g/mol. The van der Waals surface area contributed by atoms with Gasteiger partial charge in [-0.3, -0.25) is 0 Å². The van der Waals surface area contributed by atoms with Crippen LogP contribution in [0.3, 0.4) is 0 Å². The molecule has 1 N–H and O–H groups in total. The predicted octanol–water partition coefficient (Wildman–Crippen LogP) is 1.39. The third kappa shape index (κ3) is 4.02. The van der Waals surface area contributed by atoms with Crippen LogP contribution in [-0.2, 0) is 4.79 Å². The zero-order valence-corrected chi connectivity index (χ0v) is 12.5. The highest BCUT2D eigenvalue weighted by Gasteiger charge is 2.12. The zero-order chi connectivity index (χ0) is 15.2. The van der Waals surface area contributed by atoms with Gasteiger partial charge in [-0.05, 0) is 33.6 Å². The SMILES string of the molecule is COc1cc(/C=N/n2cnnc2)cc(Br)c1OCC(=O)O. The highest BCUT2D eigenvalue weighted by molar-refractivity contribution is 9.10. The van der Waals surface area contributed by atoms with Gasteiger partial charge in [-0.2, -0.15) is 5.10 Å². The molecule has 1 aromatic heterocycles. The third-order valence-corrected chi connectivity index (χ3v) is 2.93. The lowest BCUT2D eigenvalue weighted by atomic mass is 10.2. The number of carboxylic acids is 1. The quantitative estimate of drug-likeness (QED) is 0.787. The maximum absolute atomic E-state index is 10.6. The van der Waals surface area contributed by atoms with E-state index < -0.39 is 12.6 Å². The number of ether oxygens (including phenoxy) is 2. The maximum Gasteiger partial charge on any atom is 0.341 e. The van der Waals surface area contributed by atoms with Crippen LogP contribution >= 0.6 is 15.9 Å². The molecule has 0 saturated carbocycles. The van der Waals surface area contributed by atoms with Crippen molar-refractivity contribution in [2.75, 3.05) is 13.7 Å². The van der Waals surface area contributed by atoms with E-state index in [-0.39, 0.29) is 0 Å². The van der Waals surface area contributed by atoms with Crippen molar-refractivity contribution in [2.24, 2.45) is 5.10 Å². The monoisotopic (exact) mass is 354 g/mol. The lowest BCUT2D eigenvalue weighted by Gasteiger charge is -2.11. The van der Waals surface area contributed by atoms with Crippen LogP contribution in [0.2, 0.25) is 0 Å². The first-order valence-corrected chi connectivity index (χ1v) is 6.50. The number of benzene rings is 1. The van der Waals surface area contributed by atoms with Crippen molar-refractivity contribution in [3.05, 3.63) is 34.8 Å². The molecule has 0 fully saturated rings. The van der Waals surface area contributed by atoms with E-state index in [4.69, 9.17) is 14.6 Å². The van der Waals surface area contributed by atoms with Gasteiger partial charge in [-0.25, -0.2) is 9.47 Å². The molecule has 2 aromatic rings. The van der Waals surface area contributed by atoms with Gasteiger partial charge in [0.2, 0.25) is 0 Å². The van der Waals surface area contributed by atoms with Crippen LogP contribution in [0.25, 0.3) is 0 Å². The van der Waals surface area contributed by atoms with E-state index >= 15 is 0 Å².